The topological polar surface area (TPSA) is 17.1 Å². The van der Waals surface area contributed by atoms with E-state index in [-0.39, 0.29) is 5.78 Å². The molecule has 96 valence electrons. The quantitative estimate of drug-likeness (QED) is 0.475. The lowest BCUT2D eigenvalue weighted by Crippen LogP contribution is -1.94. The van der Waals surface area contributed by atoms with Gasteiger partial charge in [-0.2, -0.15) is 0 Å². The summed E-state index contributed by atoms with van der Waals surface area (Å²) in [7, 11) is 0. The summed E-state index contributed by atoms with van der Waals surface area (Å²) >= 11 is 3.50. The summed E-state index contributed by atoms with van der Waals surface area (Å²) in [5, 5.41) is 2.55. The van der Waals surface area contributed by atoms with Crippen LogP contribution in [0.1, 0.15) is 24.2 Å². The third-order valence-corrected chi connectivity index (χ3v) is 5.23. The molecule has 2 aromatic carbocycles. The minimum Gasteiger partial charge on any atom is -0.294 e. The van der Waals surface area contributed by atoms with Crippen molar-refractivity contribution in [2.24, 2.45) is 0 Å². The molecule has 1 nitrogen and oxygen atoms in total. The van der Waals surface area contributed by atoms with Crippen LogP contribution < -0.4 is 0 Å². The van der Waals surface area contributed by atoms with E-state index in [9.17, 15) is 4.79 Å². The van der Waals surface area contributed by atoms with E-state index in [4.69, 9.17) is 0 Å². The zero-order chi connectivity index (χ0) is 13.4. The maximum Gasteiger partial charge on any atom is 0.160 e. The smallest absolute Gasteiger partial charge is 0.160 e. The first-order valence-corrected chi connectivity index (χ1v) is 8.10. The van der Waals surface area contributed by atoms with E-state index in [2.05, 4.69) is 43.3 Å². The summed E-state index contributed by atoms with van der Waals surface area (Å²) in [6.45, 7) is 3.76. The van der Waals surface area contributed by atoms with Crippen molar-refractivity contribution in [2.75, 3.05) is 5.75 Å². The molecule has 19 heavy (non-hydrogen) atoms. The molecule has 0 saturated carbocycles. The number of hydrogen-bond acceptors (Lipinski definition) is 3. The van der Waals surface area contributed by atoms with Crippen molar-refractivity contribution in [3.8, 4) is 0 Å². The van der Waals surface area contributed by atoms with Crippen molar-refractivity contribution in [3.05, 3.63) is 42.0 Å². The molecule has 1 heterocycles. The van der Waals surface area contributed by atoms with Crippen molar-refractivity contribution in [1.82, 2.24) is 0 Å². The molecule has 0 saturated heterocycles. The average Bonchev–Trinajstić information content (AvgIpc) is 2.76. The van der Waals surface area contributed by atoms with Gasteiger partial charge in [0.25, 0.3) is 0 Å². The number of Topliss-reactive ketones (excluding diaryl/α,β-unsaturated/α-hetero) is 1. The Kier molecular flexibility index (Phi) is 3.33. The number of thioether (sulfide) groups is 1. The van der Waals surface area contributed by atoms with E-state index in [0.29, 0.717) is 0 Å². The first-order valence-electron chi connectivity index (χ1n) is 6.29. The molecular weight excluding hydrogens is 272 g/mol. The molecular formula is C16H14OS2. The summed E-state index contributed by atoms with van der Waals surface area (Å²) in [5.41, 5.74) is 0.853. The van der Waals surface area contributed by atoms with E-state index in [1.54, 1.807) is 30.0 Å². The molecule has 0 amide bonds. The lowest BCUT2D eigenvalue weighted by atomic mass is 10.1. The van der Waals surface area contributed by atoms with Crippen LogP contribution in [0.4, 0.5) is 0 Å². The summed E-state index contributed by atoms with van der Waals surface area (Å²) < 4.78 is 2.48. The number of carbonyl (C=O) groups excluding carboxylic acids is 1. The molecule has 0 aliphatic carbocycles. The first kappa shape index (κ1) is 12.7. The standard InChI is InChI=1S/C16H14OS2/c1-3-18-15-9-13-11-6-4-5-7-14(11)19-16(13)8-12(15)10(2)17/h4-9H,3H2,1-2H3. The number of rotatable bonds is 3. The average molecular weight is 286 g/mol. The molecule has 0 radical (unpaired) electrons. The van der Waals surface area contributed by atoms with Gasteiger partial charge in [0.1, 0.15) is 0 Å². The first-order chi connectivity index (χ1) is 9.20. The van der Waals surface area contributed by atoms with Gasteiger partial charge in [0.2, 0.25) is 0 Å². The number of thiophene rings is 1. The monoisotopic (exact) mass is 286 g/mol. The minimum absolute atomic E-state index is 0.148. The second kappa shape index (κ2) is 4.99. The van der Waals surface area contributed by atoms with Crippen molar-refractivity contribution in [2.45, 2.75) is 18.7 Å². The number of hydrogen-bond donors (Lipinski definition) is 0. The van der Waals surface area contributed by atoms with Gasteiger partial charge in [-0.3, -0.25) is 4.79 Å². The van der Waals surface area contributed by atoms with E-state index < -0.39 is 0 Å². The zero-order valence-corrected chi connectivity index (χ0v) is 12.5. The van der Waals surface area contributed by atoms with Crippen molar-refractivity contribution < 1.29 is 4.79 Å². The third-order valence-electron chi connectivity index (χ3n) is 3.16. The van der Waals surface area contributed by atoms with Gasteiger partial charge < -0.3 is 0 Å². The molecule has 0 atom stereocenters. The highest BCUT2D eigenvalue weighted by Crippen LogP contribution is 2.37. The van der Waals surface area contributed by atoms with Crippen LogP contribution in [0.2, 0.25) is 0 Å². The lowest BCUT2D eigenvalue weighted by molar-refractivity contribution is 0.101. The van der Waals surface area contributed by atoms with Crippen LogP contribution in [0.15, 0.2) is 41.3 Å². The SMILES string of the molecule is CCSc1cc2c(cc1C(C)=O)sc1ccccc12. The fraction of sp³-hybridized carbons (Fsp3) is 0.188. The van der Waals surface area contributed by atoms with Crippen LogP contribution in [0.3, 0.4) is 0 Å². The largest absolute Gasteiger partial charge is 0.294 e. The molecule has 0 unspecified atom stereocenters. The van der Waals surface area contributed by atoms with Crippen LogP contribution in [-0.4, -0.2) is 11.5 Å². The molecule has 0 fully saturated rings. The summed E-state index contributed by atoms with van der Waals surface area (Å²) in [6, 6.07) is 12.7. The highest BCUT2D eigenvalue weighted by Gasteiger charge is 2.12. The highest BCUT2D eigenvalue weighted by molar-refractivity contribution is 7.99. The van der Waals surface area contributed by atoms with Gasteiger partial charge >= 0.3 is 0 Å². The normalized spacial score (nSPS) is 11.3. The molecule has 3 heteroatoms. The van der Waals surface area contributed by atoms with Gasteiger partial charge in [0.15, 0.2) is 5.78 Å². The van der Waals surface area contributed by atoms with Gasteiger partial charge in [0.05, 0.1) is 0 Å². The predicted octanol–water partition coefficient (Wildman–Crippen LogP) is 5.37. The highest BCUT2D eigenvalue weighted by atomic mass is 32.2. The van der Waals surface area contributed by atoms with Gasteiger partial charge in [0, 0.05) is 30.6 Å². The number of ketones is 1. The Balaban J connectivity index is 2.36. The third kappa shape index (κ3) is 2.17. The Morgan fingerprint density at radius 3 is 2.68 bits per heavy atom. The van der Waals surface area contributed by atoms with E-state index in [0.717, 1.165) is 16.2 Å². The van der Waals surface area contributed by atoms with Crippen LogP contribution in [0.5, 0.6) is 0 Å². The van der Waals surface area contributed by atoms with E-state index in [1.807, 2.05) is 0 Å². The lowest BCUT2D eigenvalue weighted by Gasteiger charge is -2.06. The molecule has 3 aromatic rings. The number of fused-ring (bicyclic) bond motifs is 3. The molecule has 0 N–H and O–H groups in total. The zero-order valence-electron chi connectivity index (χ0n) is 10.9. The number of benzene rings is 2. The van der Waals surface area contributed by atoms with Crippen molar-refractivity contribution in [1.29, 1.82) is 0 Å². The fourth-order valence-corrected chi connectivity index (χ4v) is 4.30. The molecule has 0 aliphatic heterocycles. The van der Waals surface area contributed by atoms with Crippen LogP contribution in [0, 0.1) is 0 Å². The predicted molar refractivity (Wildman–Crippen MR) is 85.7 cm³/mol. The van der Waals surface area contributed by atoms with Crippen LogP contribution in [-0.2, 0) is 0 Å². The molecule has 0 bridgehead atoms. The maximum absolute atomic E-state index is 11.8. The Labute approximate surface area is 120 Å². The molecule has 3 rings (SSSR count). The number of carbonyl (C=O) groups is 1. The molecule has 0 spiro atoms. The molecule has 1 aromatic heterocycles. The summed E-state index contributed by atoms with van der Waals surface area (Å²) in [5.74, 6) is 1.13. The summed E-state index contributed by atoms with van der Waals surface area (Å²) in [4.78, 5) is 12.9. The Bertz CT molecular complexity index is 771. The van der Waals surface area contributed by atoms with Gasteiger partial charge in [-0.15, -0.1) is 23.1 Å². The molecule has 0 aliphatic rings. The Morgan fingerprint density at radius 1 is 1.16 bits per heavy atom. The van der Waals surface area contributed by atoms with Gasteiger partial charge in [-0.05, 0) is 30.9 Å². The van der Waals surface area contributed by atoms with E-state index in [1.165, 1.54) is 20.2 Å². The maximum atomic E-state index is 11.8. The van der Waals surface area contributed by atoms with Crippen LogP contribution in [0.25, 0.3) is 20.2 Å². The van der Waals surface area contributed by atoms with Gasteiger partial charge in [-0.1, -0.05) is 25.1 Å². The van der Waals surface area contributed by atoms with E-state index >= 15 is 0 Å². The second-order valence-electron chi connectivity index (χ2n) is 4.43. The van der Waals surface area contributed by atoms with Crippen LogP contribution >= 0.6 is 23.1 Å². The van der Waals surface area contributed by atoms with Crippen molar-refractivity contribution >= 4 is 49.1 Å². The second-order valence-corrected chi connectivity index (χ2v) is 6.82. The minimum atomic E-state index is 0.148. The Morgan fingerprint density at radius 2 is 1.95 bits per heavy atom. The van der Waals surface area contributed by atoms with Gasteiger partial charge in [-0.25, -0.2) is 0 Å². The van der Waals surface area contributed by atoms with Crippen molar-refractivity contribution in [3.63, 3.8) is 0 Å². The Hall–Kier alpha value is -1.32. The fourth-order valence-electron chi connectivity index (χ4n) is 2.30. The summed E-state index contributed by atoms with van der Waals surface area (Å²) in [6.07, 6.45) is 0.